The number of nitrogens with zero attached hydrogens (tertiary/aromatic N) is 4. The summed E-state index contributed by atoms with van der Waals surface area (Å²) in [7, 11) is 0. The molecule has 0 spiro atoms. The molecule has 0 bridgehead atoms. The van der Waals surface area contributed by atoms with Crippen molar-refractivity contribution in [2.45, 2.75) is 19.8 Å². The Hall–Kier alpha value is -3.22. The molecule has 4 rings (SSSR count). The van der Waals surface area contributed by atoms with Crippen LogP contribution in [0.25, 0.3) is 11.4 Å². The number of rotatable bonds is 5. The number of aromatic nitrogens is 2. The molecule has 2 aromatic carbocycles. The molecule has 0 radical (unpaired) electrons. The molecule has 1 aromatic heterocycles. The minimum Gasteiger partial charge on any atom is -0.368 e. The fourth-order valence-corrected chi connectivity index (χ4v) is 3.52. The van der Waals surface area contributed by atoms with E-state index in [1.807, 2.05) is 4.90 Å². The first-order valence-electron chi connectivity index (χ1n) is 9.77. The zero-order chi connectivity index (χ0) is 20.2. The molecule has 29 heavy (non-hydrogen) atoms. The number of benzene rings is 2. The molecule has 0 saturated carbocycles. The van der Waals surface area contributed by atoms with E-state index in [9.17, 15) is 9.18 Å². The normalized spacial score (nSPS) is 14.3. The van der Waals surface area contributed by atoms with Gasteiger partial charge in [0.05, 0.1) is 5.56 Å². The largest absolute Gasteiger partial charge is 0.368 e. The third-order valence-corrected chi connectivity index (χ3v) is 5.13. The van der Waals surface area contributed by atoms with Crippen LogP contribution in [0.1, 0.15) is 17.9 Å². The van der Waals surface area contributed by atoms with E-state index in [0.717, 1.165) is 13.1 Å². The van der Waals surface area contributed by atoms with Crippen LogP contribution in [0.4, 0.5) is 10.1 Å². The number of halogens is 1. The fraction of sp³-hybridized carbons (Fsp3) is 0.318. The summed E-state index contributed by atoms with van der Waals surface area (Å²) in [6.07, 6.45) is 0.641. The molecule has 0 aliphatic carbocycles. The van der Waals surface area contributed by atoms with Crippen LogP contribution in [0.2, 0.25) is 0 Å². The monoisotopic (exact) mass is 394 g/mol. The lowest BCUT2D eigenvalue weighted by Crippen LogP contribution is -2.48. The lowest BCUT2D eigenvalue weighted by atomic mass is 10.2. The van der Waals surface area contributed by atoms with Crippen LogP contribution in [0, 0.1) is 12.7 Å². The Morgan fingerprint density at radius 3 is 2.66 bits per heavy atom. The van der Waals surface area contributed by atoms with Crippen molar-refractivity contribution in [3.05, 3.63) is 65.8 Å². The third kappa shape index (κ3) is 4.45. The SMILES string of the molecule is Cc1cccc(N2CCN(C(=O)CCc3nc(-c4ccccc4F)no3)CC2)c1. The summed E-state index contributed by atoms with van der Waals surface area (Å²) < 4.78 is 19.0. The molecule has 0 atom stereocenters. The Morgan fingerprint density at radius 1 is 1.10 bits per heavy atom. The average molecular weight is 394 g/mol. The molecule has 1 saturated heterocycles. The Bertz CT molecular complexity index is 996. The van der Waals surface area contributed by atoms with E-state index in [4.69, 9.17) is 4.52 Å². The smallest absolute Gasteiger partial charge is 0.227 e. The van der Waals surface area contributed by atoms with Crippen LogP contribution in [-0.4, -0.2) is 47.1 Å². The molecule has 1 aliphatic rings. The van der Waals surface area contributed by atoms with Crippen molar-refractivity contribution >= 4 is 11.6 Å². The first-order chi connectivity index (χ1) is 14.1. The maximum absolute atomic E-state index is 13.8. The van der Waals surface area contributed by atoms with E-state index in [1.54, 1.807) is 18.2 Å². The van der Waals surface area contributed by atoms with Gasteiger partial charge in [-0.15, -0.1) is 0 Å². The van der Waals surface area contributed by atoms with Crippen molar-refractivity contribution < 1.29 is 13.7 Å². The van der Waals surface area contributed by atoms with Gasteiger partial charge in [0, 0.05) is 44.7 Å². The van der Waals surface area contributed by atoms with Crippen molar-refractivity contribution in [2.75, 3.05) is 31.1 Å². The number of anilines is 1. The summed E-state index contributed by atoms with van der Waals surface area (Å²) >= 11 is 0. The summed E-state index contributed by atoms with van der Waals surface area (Å²) in [6.45, 7) is 5.09. The summed E-state index contributed by atoms with van der Waals surface area (Å²) in [5, 5.41) is 3.83. The average Bonchev–Trinajstić information content (AvgIpc) is 3.21. The molecule has 7 heteroatoms. The summed E-state index contributed by atoms with van der Waals surface area (Å²) in [4.78, 5) is 21.0. The number of carbonyl (C=O) groups is 1. The van der Waals surface area contributed by atoms with Gasteiger partial charge in [-0.25, -0.2) is 4.39 Å². The van der Waals surface area contributed by atoms with E-state index < -0.39 is 5.82 Å². The van der Waals surface area contributed by atoms with Gasteiger partial charge in [0.25, 0.3) is 0 Å². The molecule has 150 valence electrons. The second-order valence-corrected chi connectivity index (χ2v) is 7.20. The van der Waals surface area contributed by atoms with Gasteiger partial charge in [0.1, 0.15) is 5.82 Å². The Labute approximate surface area is 168 Å². The van der Waals surface area contributed by atoms with Gasteiger partial charge in [-0.1, -0.05) is 29.4 Å². The van der Waals surface area contributed by atoms with Crippen LogP contribution < -0.4 is 4.90 Å². The van der Waals surface area contributed by atoms with Crippen molar-refractivity contribution in [3.8, 4) is 11.4 Å². The van der Waals surface area contributed by atoms with Gasteiger partial charge >= 0.3 is 0 Å². The van der Waals surface area contributed by atoms with Crippen molar-refractivity contribution in [3.63, 3.8) is 0 Å². The molecular formula is C22H23FN4O2. The second kappa shape index (κ2) is 8.43. The lowest BCUT2D eigenvalue weighted by molar-refractivity contribution is -0.131. The third-order valence-electron chi connectivity index (χ3n) is 5.13. The first-order valence-corrected chi connectivity index (χ1v) is 9.77. The Morgan fingerprint density at radius 2 is 1.90 bits per heavy atom. The van der Waals surface area contributed by atoms with Crippen LogP contribution in [-0.2, 0) is 11.2 Å². The number of hydrogen-bond donors (Lipinski definition) is 0. The van der Waals surface area contributed by atoms with Gasteiger partial charge < -0.3 is 14.3 Å². The van der Waals surface area contributed by atoms with E-state index >= 15 is 0 Å². The minimum absolute atomic E-state index is 0.0690. The number of carbonyl (C=O) groups excluding carboxylic acids is 1. The summed E-state index contributed by atoms with van der Waals surface area (Å²) in [6, 6.07) is 14.7. The quantitative estimate of drug-likeness (QED) is 0.663. The van der Waals surface area contributed by atoms with Gasteiger partial charge in [-0.05, 0) is 36.8 Å². The van der Waals surface area contributed by atoms with Gasteiger partial charge in [0.15, 0.2) is 0 Å². The summed E-state index contributed by atoms with van der Waals surface area (Å²) in [5.41, 5.74) is 2.72. The molecule has 2 heterocycles. The Kier molecular flexibility index (Phi) is 5.55. The predicted molar refractivity (Wildman–Crippen MR) is 108 cm³/mol. The van der Waals surface area contributed by atoms with Gasteiger partial charge in [-0.2, -0.15) is 4.98 Å². The zero-order valence-electron chi connectivity index (χ0n) is 16.3. The molecule has 1 fully saturated rings. The van der Waals surface area contributed by atoms with Crippen LogP contribution in [0.15, 0.2) is 53.1 Å². The number of hydrogen-bond acceptors (Lipinski definition) is 5. The predicted octanol–water partition coefficient (Wildman–Crippen LogP) is 3.47. The fourth-order valence-electron chi connectivity index (χ4n) is 3.52. The minimum atomic E-state index is -0.401. The maximum Gasteiger partial charge on any atom is 0.227 e. The van der Waals surface area contributed by atoms with Crippen LogP contribution in [0.5, 0.6) is 0 Å². The molecule has 0 unspecified atom stereocenters. The van der Waals surface area contributed by atoms with Crippen molar-refractivity contribution in [1.82, 2.24) is 15.0 Å². The van der Waals surface area contributed by atoms with Crippen molar-refractivity contribution in [1.29, 1.82) is 0 Å². The highest BCUT2D eigenvalue weighted by molar-refractivity contribution is 5.76. The maximum atomic E-state index is 13.8. The number of amides is 1. The standard InChI is InChI=1S/C22H23FN4O2/c1-16-5-4-6-17(15-16)26-11-13-27(14-12-26)21(28)10-9-20-24-22(25-29-20)18-7-2-3-8-19(18)23/h2-8,15H,9-14H2,1H3. The van der Waals surface area contributed by atoms with Crippen LogP contribution in [0.3, 0.4) is 0 Å². The molecule has 3 aromatic rings. The molecule has 1 aliphatic heterocycles. The molecule has 6 nitrogen and oxygen atoms in total. The van der Waals surface area contributed by atoms with E-state index in [-0.39, 0.29) is 11.7 Å². The molecular weight excluding hydrogens is 371 g/mol. The van der Waals surface area contributed by atoms with Gasteiger partial charge in [-0.3, -0.25) is 4.79 Å². The first kappa shape index (κ1) is 19.1. The summed E-state index contributed by atoms with van der Waals surface area (Å²) in [5.74, 6) is 0.217. The zero-order valence-corrected chi connectivity index (χ0v) is 16.3. The topological polar surface area (TPSA) is 62.5 Å². The highest BCUT2D eigenvalue weighted by Crippen LogP contribution is 2.20. The molecule has 1 amide bonds. The van der Waals surface area contributed by atoms with E-state index in [1.165, 1.54) is 17.3 Å². The van der Waals surface area contributed by atoms with Crippen molar-refractivity contribution in [2.24, 2.45) is 0 Å². The lowest BCUT2D eigenvalue weighted by Gasteiger charge is -2.36. The van der Waals surface area contributed by atoms with Crippen LogP contribution >= 0.6 is 0 Å². The highest BCUT2D eigenvalue weighted by atomic mass is 19.1. The van der Waals surface area contributed by atoms with E-state index in [2.05, 4.69) is 46.2 Å². The number of piperazine rings is 1. The van der Waals surface area contributed by atoms with Gasteiger partial charge in [0.2, 0.25) is 17.6 Å². The second-order valence-electron chi connectivity index (χ2n) is 7.20. The van der Waals surface area contributed by atoms with E-state index in [0.29, 0.717) is 37.4 Å². The Balaban J connectivity index is 1.29. The number of aryl methyl sites for hydroxylation is 2. The molecule has 0 N–H and O–H groups in total. The highest BCUT2D eigenvalue weighted by Gasteiger charge is 2.22.